The SMILES string of the molecule is CCCC(CC(=O)O)NS(=O)(=O)c1c(Cl)cnn1C. The molecule has 0 bridgehead atoms. The topological polar surface area (TPSA) is 101 Å². The lowest BCUT2D eigenvalue weighted by Crippen LogP contribution is -2.37. The first-order chi connectivity index (χ1) is 8.77. The molecule has 108 valence electrons. The highest BCUT2D eigenvalue weighted by atomic mass is 35.5. The second kappa shape index (κ2) is 6.36. The van der Waals surface area contributed by atoms with Gasteiger partial charge in [-0.25, -0.2) is 13.1 Å². The van der Waals surface area contributed by atoms with Gasteiger partial charge in [-0.2, -0.15) is 5.10 Å². The Morgan fingerprint density at radius 2 is 2.26 bits per heavy atom. The summed E-state index contributed by atoms with van der Waals surface area (Å²) in [6.07, 6.45) is 2.05. The number of nitrogens with one attached hydrogen (secondary N) is 1. The lowest BCUT2D eigenvalue weighted by atomic mass is 10.1. The Morgan fingerprint density at radius 3 is 2.68 bits per heavy atom. The molecule has 0 amide bonds. The van der Waals surface area contributed by atoms with E-state index in [9.17, 15) is 13.2 Å². The molecule has 1 rings (SSSR count). The van der Waals surface area contributed by atoms with Gasteiger partial charge >= 0.3 is 5.97 Å². The first kappa shape index (κ1) is 15.9. The van der Waals surface area contributed by atoms with Crippen LogP contribution in [0.2, 0.25) is 5.02 Å². The minimum absolute atomic E-state index is 0.000531. The predicted molar refractivity (Wildman–Crippen MR) is 69.5 cm³/mol. The van der Waals surface area contributed by atoms with E-state index in [1.807, 2.05) is 6.92 Å². The molecule has 0 fully saturated rings. The number of carboxylic acids is 1. The molecular formula is C10H16ClN3O4S. The predicted octanol–water partition coefficient (Wildman–Crippen LogP) is 0.995. The van der Waals surface area contributed by atoms with Crippen molar-refractivity contribution in [2.45, 2.75) is 37.3 Å². The maximum atomic E-state index is 12.2. The standard InChI is InChI=1S/C10H16ClN3O4S/c1-3-4-7(5-9(15)16)13-19(17,18)10-8(11)6-12-14(10)2/h6-7,13H,3-5H2,1-2H3,(H,15,16). The Kier molecular flexibility index (Phi) is 5.33. The van der Waals surface area contributed by atoms with Gasteiger partial charge in [-0.1, -0.05) is 24.9 Å². The number of carbonyl (C=O) groups is 1. The molecule has 1 atom stereocenters. The summed E-state index contributed by atoms with van der Waals surface area (Å²) in [6, 6.07) is -0.668. The van der Waals surface area contributed by atoms with E-state index >= 15 is 0 Å². The van der Waals surface area contributed by atoms with E-state index in [-0.39, 0.29) is 16.5 Å². The van der Waals surface area contributed by atoms with Crippen molar-refractivity contribution in [3.63, 3.8) is 0 Å². The molecule has 2 N–H and O–H groups in total. The number of sulfonamides is 1. The summed E-state index contributed by atoms with van der Waals surface area (Å²) in [7, 11) is -2.44. The molecule has 0 aromatic carbocycles. The van der Waals surface area contributed by atoms with Crippen LogP contribution in [-0.2, 0) is 21.9 Å². The molecule has 1 unspecified atom stereocenters. The van der Waals surface area contributed by atoms with E-state index in [1.54, 1.807) is 0 Å². The highest BCUT2D eigenvalue weighted by Crippen LogP contribution is 2.20. The number of aryl methyl sites for hydroxylation is 1. The molecule has 7 nitrogen and oxygen atoms in total. The highest BCUT2D eigenvalue weighted by Gasteiger charge is 2.26. The van der Waals surface area contributed by atoms with Gasteiger partial charge in [0.05, 0.1) is 17.6 Å². The van der Waals surface area contributed by atoms with E-state index in [0.29, 0.717) is 12.8 Å². The summed E-state index contributed by atoms with van der Waals surface area (Å²) in [5.41, 5.74) is 0. The molecule has 0 radical (unpaired) electrons. The molecule has 1 aromatic rings. The van der Waals surface area contributed by atoms with Crippen LogP contribution in [0.15, 0.2) is 11.2 Å². The zero-order valence-electron chi connectivity index (χ0n) is 10.6. The minimum atomic E-state index is -3.89. The van der Waals surface area contributed by atoms with Crippen molar-refractivity contribution in [3.8, 4) is 0 Å². The lowest BCUT2D eigenvalue weighted by molar-refractivity contribution is -0.137. The minimum Gasteiger partial charge on any atom is -0.481 e. The molecule has 0 aliphatic rings. The summed E-state index contributed by atoms with van der Waals surface area (Å²) < 4.78 is 27.8. The zero-order chi connectivity index (χ0) is 14.6. The fourth-order valence-electron chi connectivity index (χ4n) is 1.74. The third kappa shape index (κ3) is 4.19. The maximum Gasteiger partial charge on any atom is 0.304 e. The van der Waals surface area contributed by atoms with Crippen LogP contribution in [0.5, 0.6) is 0 Å². The Labute approximate surface area is 116 Å². The Morgan fingerprint density at radius 1 is 1.63 bits per heavy atom. The monoisotopic (exact) mass is 309 g/mol. The van der Waals surface area contributed by atoms with Crippen molar-refractivity contribution in [2.75, 3.05) is 0 Å². The van der Waals surface area contributed by atoms with Gasteiger partial charge in [0.2, 0.25) is 0 Å². The largest absolute Gasteiger partial charge is 0.481 e. The van der Waals surface area contributed by atoms with Crippen LogP contribution < -0.4 is 4.72 Å². The molecule has 9 heteroatoms. The van der Waals surface area contributed by atoms with E-state index in [2.05, 4.69) is 9.82 Å². The van der Waals surface area contributed by atoms with Crippen LogP contribution >= 0.6 is 11.6 Å². The average molecular weight is 310 g/mol. The molecule has 0 saturated carbocycles. The van der Waals surface area contributed by atoms with Crippen LogP contribution in [0.4, 0.5) is 0 Å². The fraction of sp³-hybridized carbons (Fsp3) is 0.600. The van der Waals surface area contributed by atoms with Crippen molar-refractivity contribution in [1.29, 1.82) is 0 Å². The molecular weight excluding hydrogens is 294 g/mol. The van der Waals surface area contributed by atoms with Crippen molar-refractivity contribution in [1.82, 2.24) is 14.5 Å². The van der Waals surface area contributed by atoms with E-state index < -0.39 is 22.0 Å². The Balaban J connectivity index is 2.97. The summed E-state index contributed by atoms with van der Waals surface area (Å²) in [4.78, 5) is 10.7. The number of hydrogen-bond donors (Lipinski definition) is 2. The van der Waals surface area contributed by atoms with Gasteiger partial charge < -0.3 is 5.11 Å². The van der Waals surface area contributed by atoms with Gasteiger partial charge in [0.25, 0.3) is 10.0 Å². The van der Waals surface area contributed by atoms with Crippen molar-refractivity contribution in [3.05, 3.63) is 11.2 Å². The summed E-state index contributed by atoms with van der Waals surface area (Å²) in [6.45, 7) is 1.85. The molecule has 0 aliphatic carbocycles. The summed E-state index contributed by atoms with van der Waals surface area (Å²) in [5.74, 6) is -1.06. The van der Waals surface area contributed by atoms with Crippen LogP contribution in [0.3, 0.4) is 0 Å². The quantitative estimate of drug-likeness (QED) is 0.782. The smallest absolute Gasteiger partial charge is 0.304 e. The van der Waals surface area contributed by atoms with Gasteiger partial charge in [-0.3, -0.25) is 9.48 Å². The molecule has 1 heterocycles. The van der Waals surface area contributed by atoms with Gasteiger partial charge in [-0.15, -0.1) is 0 Å². The third-order valence-corrected chi connectivity index (χ3v) is 4.50. The van der Waals surface area contributed by atoms with Gasteiger partial charge in [0.15, 0.2) is 5.03 Å². The molecule has 0 spiro atoms. The summed E-state index contributed by atoms with van der Waals surface area (Å²) >= 11 is 5.78. The zero-order valence-corrected chi connectivity index (χ0v) is 12.2. The number of hydrogen-bond acceptors (Lipinski definition) is 4. The first-order valence-corrected chi connectivity index (χ1v) is 7.55. The molecule has 0 aliphatic heterocycles. The Bertz CT molecular complexity index is 536. The Hall–Kier alpha value is -1.12. The van der Waals surface area contributed by atoms with E-state index in [1.165, 1.54) is 13.2 Å². The fourth-order valence-corrected chi connectivity index (χ4v) is 3.67. The van der Waals surface area contributed by atoms with Crippen LogP contribution in [0, 0.1) is 0 Å². The first-order valence-electron chi connectivity index (χ1n) is 5.69. The van der Waals surface area contributed by atoms with E-state index in [4.69, 9.17) is 16.7 Å². The number of carboxylic acid groups (broad SMARTS) is 1. The van der Waals surface area contributed by atoms with Crippen molar-refractivity contribution in [2.24, 2.45) is 7.05 Å². The van der Waals surface area contributed by atoms with Crippen LogP contribution in [-0.4, -0.2) is 35.3 Å². The second-order valence-corrected chi connectivity index (χ2v) is 6.16. The van der Waals surface area contributed by atoms with Crippen molar-refractivity contribution >= 4 is 27.6 Å². The van der Waals surface area contributed by atoms with Crippen molar-refractivity contribution < 1.29 is 18.3 Å². The third-order valence-electron chi connectivity index (χ3n) is 2.48. The second-order valence-electron chi connectivity index (χ2n) is 4.13. The average Bonchev–Trinajstić information content (AvgIpc) is 2.57. The molecule has 0 saturated heterocycles. The number of nitrogens with zero attached hydrogens (tertiary/aromatic N) is 2. The van der Waals surface area contributed by atoms with Gasteiger partial charge in [0.1, 0.15) is 0 Å². The number of aliphatic carboxylic acids is 1. The number of aromatic nitrogens is 2. The van der Waals surface area contributed by atoms with Gasteiger partial charge in [0, 0.05) is 13.1 Å². The highest BCUT2D eigenvalue weighted by molar-refractivity contribution is 7.89. The summed E-state index contributed by atoms with van der Waals surface area (Å²) in [5, 5.41) is 12.3. The van der Waals surface area contributed by atoms with E-state index in [0.717, 1.165) is 4.68 Å². The number of halogens is 1. The van der Waals surface area contributed by atoms with Crippen LogP contribution in [0.25, 0.3) is 0 Å². The number of rotatable bonds is 7. The molecule has 1 aromatic heterocycles. The lowest BCUT2D eigenvalue weighted by Gasteiger charge is -2.16. The van der Waals surface area contributed by atoms with Gasteiger partial charge in [-0.05, 0) is 6.42 Å². The molecule has 19 heavy (non-hydrogen) atoms. The normalized spacial score (nSPS) is 13.4. The van der Waals surface area contributed by atoms with Crippen LogP contribution in [0.1, 0.15) is 26.2 Å². The maximum absolute atomic E-state index is 12.2.